The predicted molar refractivity (Wildman–Crippen MR) is 133 cm³/mol. The molecule has 1 aliphatic carbocycles. The van der Waals surface area contributed by atoms with E-state index in [1.54, 1.807) is 24.5 Å². The number of nitrogens with one attached hydrogen (secondary N) is 1. The largest absolute Gasteiger partial charge is 0.481 e. The van der Waals surface area contributed by atoms with Crippen LogP contribution in [0.2, 0.25) is 5.02 Å². The van der Waals surface area contributed by atoms with E-state index in [2.05, 4.69) is 19.9 Å². The van der Waals surface area contributed by atoms with Crippen LogP contribution in [0.15, 0.2) is 42.7 Å². The molecule has 0 atom stereocenters. The topological polar surface area (TPSA) is 101 Å². The third-order valence-corrected chi connectivity index (χ3v) is 6.18. The van der Waals surface area contributed by atoms with E-state index < -0.39 is 5.97 Å². The molecule has 9 heteroatoms. The number of carbonyl (C=O) groups is 1. The van der Waals surface area contributed by atoms with Crippen molar-refractivity contribution >= 4 is 28.6 Å². The number of imidazole rings is 1. The van der Waals surface area contributed by atoms with Gasteiger partial charge in [0.05, 0.1) is 16.6 Å². The zero-order valence-electron chi connectivity index (χ0n) is 19.5. The minimum atomic E-state index is -0.833. The first kappa shape index (κ1) is 24.6. The Hall–Kier alpha value is -3.52. The number of benzene rings is 2. The summed E-state index contributed by atoms with van der Waals surface area (Å²) in [6.45, 7) is 3.01. The van der Waals surface area contributed by atoms with E-state index in [1.807, 2.05) is 19.1 Å². The molecule has 7 nitrogen and oxygen atoms in total. The van der Waals surface area contributed by atoms with Crippen LogP contribution in [-0.4, -0.2) is 37.1 Å². The predicted octanol–water partition coefficient (Wildman–Crippen LogP) is 6.59. The SMILES string of the molecule is CC(=O)O.Cc1cc2[nH]c(-c3ccc(-c4cnc(OC5CCCCC5)nc4)cc3F)nc2cc1Cl. The lowest BCUT2D eigenvalue weighted by Gasteiger charge is -2.21. The number of hydrogen-bond acceptors (Lipinski definition) is 5. The molecule has 2 heterocycles. The summed E-state index contributed by atoms with van der Waals surface area (Å²) in [5, 5.41) is 8.05. The van der Waals surface area contributed by atoms with Crippen LogP contribution in [0, 0.1) is 12.7 Å². The number of fused-ring (bicyclic) bond motifs is 1. The van der Waals surface area contributed by atoms with Gasteiger partial charge in [0, 0.05) is 29.9 Å². The van der Waals surface area contributed by atoms with Crippen LogP contribution in [-0.2, 0) is 4.79 Å². The van der Waals surface area contributed by atoms with Crippen molar-refractivity contribution in [1.29, 1.82) is 0 Å². The molecule has 0 aliphatic heterocycles. The number of aromatic nitrogens is 4. The number of halogens is 2. The molecular formula is C26H26ClFN4O3. The van der Waals surface area contributed by atoms with Crippen molar-refractivity contribution in [3.8, 4) is 28.5 Å². The molecule has 0 amide bonds. The van der Waals surface area contributed by atoms with Crippen LogP contribution in [0.4, 0.5) is 4.39 Å². The van der Waals surface area contributed by atoms with Gasteiger partial charge in [-0.1, -0.05) is 24.1 Å². The van der Waals surface area contributed by atoms with Gasteiger partial charge in [-0.25, -0.2) is 19.3 Å². The molecule has 0 spiro atoms. The first-order valence-corrected chi connectivity index (χ1v) is 11.8. The number of aromatic amines is 1. The zero-order chi connectivity index (χ0) is 24.9. The van der Waals surface area contributed by atoms with Crippen molar-refractivity contribution in [2.75, 3.05) is 0 Å². The van der Waals surface area contributed by atoms with Gasteiger partial charge in [0.2, 0.25) is 0 Å². The van der Waals surface area contributed by atoms with E-state index in [0.717, 1.165) is 36.4 Å². The number of rotatable bonds is 4. The Morgan fingerprint density at radius 3 is 2.46 bits per heavy atom. The molecule has 0 bridgehead atoms. The Morgan fingerprint density at radius 1 is 1.11 bits per heavy atom. The van der Waals surface area contributed by atoms with Gasteiger partial charge in [0.15, 0.2) is 0 Å². The summed E-state index contributed by atoms with van der Waals surface area (Å²) in [6.07, 6.45) is 9.27. The molecular weight excluding hydrogens is 471 g/mol. The van der Waals surface area contributed by atoms with Gasteiger partial charge in [-0.15, -0.1) is 0 Å². The maximum atomic E-state index is 14.9. The van der Waals surface area contributed by atoms with Gasteiger partial charge in [-0.2, -0.15) is 0 Å². The Kier molecular flexibility index (Phi) is 7.60. The average molecular weight is 497 g/mol. The van der Waals surface area contributed by atoms with Crippen molar-refractivity contribution in [2.45, 2.75) is 52.1 Å². The summed E-state index contributed by atoms with van der Waals surface area (Å²) in [4.78, 5) is 25.3. The third-order valence-electron chi connectivity index (χ3n) is 5.77. The van der Waals surface area contributed by atoms with E-state index in [4.69, 9.17) is 26.2 Å². The number of carboxylic acid groups (broad SMARTS) is 1. The molecule has 0 radical (unpaired) electrons. The van der Waals surface area contributed by atoms with Crippen molar-refractivity contribution in [3.05, 3.63) is 59.1 Å². The third kappa shape index (κ3) is 6.14. The van der Waals surface area contributed by atoms with Crippen LogP contribution in [0.3, 0.4) is 0 Å². The quantitative estimate of drug-likeness (QED) is 0.330. The standard InChI is InChI=1S/C24H22ClFN4O.C2H4O2/c1-14-9-21-22(11-19(14)25)30-23(29-21)18-8-7-15(10-20(18)26)16-12-27-24(28-13-16)31-17-5-3-2-4-6-17;1-2(3)4/h7-13,17H,2-6H2,1H3,(H,29,30);1H3,(H,3,4). The van der Waals surface area contributed by atoms with Gasteiger partial charge in [0.1, 0.15) is 17.7 Å². The fourth-order valence-corrected chi connectivity index (χ4v) is 4.17. The number of carboxylic acids is 1. The number of aryl methyl sites for hydroxylation is 1. The number of hydrogen-bond donors (Lipinski definition) is 2. The molecule has 182 valence electrons. The zero-order valence-corrected chi connectivity index (χ0v) is 20.3. The van der Waals surface area contributed by atoms with Crippen LogP contribution in [0.5, 0.6) is 6.01 Å². The lowest BCUT2D eigenvalue weighted by atomic mass is 9.98. The molecule has 5 rings (SSSR count). The number of aliphatic carboxylic acids is 1. The summed E-state index contributed by atoms with van der Waals surface area (Å²) in [5.41, 5.74) is 4.29. The number of nitrogens with zero attached hydrogens (tertiary/aromatic N) is 3. The lowest BCUT2D eigenvalue weighted by molar-refractivity contribution is -0.134. The van der Waals surface area contributed by atoms with Crippen molar-refractivity contribution < 1.29 is 19.0 Å². The van der Waals surface area contributed by atoms with Crippen molar-refractivity contribution in [1.82, 2.24) is 19.9 Å². The normalized spacial score (nSPS) is 13.8. The van der Waals surface area contributed by atoms with Crippen LogP contribution in [0.25, 0.3) is 33.5 Å². The fraction of sp³-hybridized carbons (Fsp3) is 0.308. The van der Waals surface area contributed by atoms with Crippen molar-refractivity contribution in [3.63, 3.8) is 0 Å². The molecule has 0 saturated heterocycles. The highest BCUT2D eigenvalue weighted by atomic mass is 35.5. The first-order valence-electron chi connectivity index (χ1n) is 11.4. The maximum absolute atomic E-state index is 14.9. The minimum absolute atomic E-state index is 0.193. The Morgan fingerprint density at radius 2 is 1.80 bits per heavy atom. The maximum Gasteiger partial charge on any atom is 0.316 e. The molecule has 35 heavy (non-hydrogen) atoms. The molecule has 1 aliphatic rings. The van der Waals surface area contributed by atoms with E-state index >= 15 is 0 Å². The molecule has 2 aromatic carbocycles. The lowest BCUT2D eigenvalue weighted by Crippen LogP contribution is -2.20. The average Bonchev–Trinajstić information content (AvgIpc) is 3.22. The first-order chi connectivity index (χ1) is 16.8. The summed E-state index contributed by atoms with van der Waals surface area (Å²) < 4.78 is 20.8. The Labute approximate surface area is 207 Å². The van der Waals surface area contributed by atoms with E-state index in [9.17, 15) is 4.39 Å². The van der Waals surface area contributed by atoms with E-state index in [1.165, 1.54) is 25.3 Å². The second kappa shape index (κ2) is 10.8. The van der Waals surface area contributed by atoms with Crippen LogP contribution < -0.4 is 4.74 Å². The summed E-state index contributed by atoms with van der Waals surface area (Å²) >= 11 is 6.18. The highest BCUT2D eigenvalue weighted by Crippen LogP contribution is 2.30. The highest BCUT2D eigenvalue weighted by molar-refractivity contribution is 6.32. The highest BCUT2D eigenvalue weighted by Gasteiger charge is 2.17. The number of H-pyrrole nitrogens is 1. The smallest absolute Gasteiger partial charge is 0.316 e. The van der Waals surface area contributed by atoms with Gasteiger partial charge < -0.3 is 14.8 Å². The number of ether oxygens (including phenoxy) is 1. The minimum Gasteiger partial charge on any atom is -0.481 e. The molecule has 2 N–H and O–H groups in total. The van der Waals surface area contributed by atoms with Gasteiger partial charge in [-0.3, -0.25) is 4.79 Å². The van der Waals surface area contributed by atoms with E-state index in [0.29, 0.717) is 33.5 Å². The van der Waals surface area contributed by atoms with Gasteiger partial charge >= 0.3 is 6.01 Å². The van der Waals surface area contributed by atoms with Gasteiger partial charge in [0.25, 0.3) is 5.97 Å². The van der Waals surface area contributed by atoms with Gasteiger partial charge in [-0.05, 0) is 68.0 Å². The monoisotopic (exact) mass is 496 g/mol. The van der Waals surface area contributed by atoms with E-state index in [-0.39, 0.29) is 11.9 Å². The van der Waals surface area contributed by atoms with Crippen LogP contribution in [0.1, 0.15) is 44.6 Å². The second-order valence-electron chi connectivity index (χ2n) is 8.55. The molecule has 1 fully saturated rings. The summed E-state index contributed by atoms with van der Waals surface area (Å²) in [6, 6.07) is 9.10. The molecule has 1 saturated carbocycles. The van der Waals surface area contributed by atoms with Crippen LogP contribution >= 0.6 is 11.6 Å². The Balaban J connectivity index is 0.000000672. The summed E-state index contributed by atoms with van der Waals surface area (Å²) in [7, 11) is 0. The Bertz CT molecular complexity index is 1290. The second-order valence-corrected chi connectivity index (χ2v) is 8.96. The summed E-state index contributed by atoms with van der Waals surface area (Å²) in [5.74, 6) is -0.741. The molecule has 0 unspecified atom stereocenters. The molecule has 4 aromatic rings. The van der Waals surface area contributed by atoms with Crippen molar-refractivity contribution in [2.24, 2.45) is 0 Å². The fourth-order valence-electron chi connectivity index (χ4n) is 4.01. The molecule has 2 aromatic heterocycles.